The molecular weight excluding hydrogens is 208 g/mol. The van der Waals surface area contributed by atoms with Crippen LogP contribution in [0.25, 0.3) is 0 Å². The summed E-state index contributed by atoms with van der Waals surface area (Å²) >= 11 is 0. The fourth-order valence-corrected chi connectivity index (χ4v) is 1.75. The Hall–Kier alpha value is -1.96. The van der Waals surface area contributed by atoms with Crippen LogP contribution in [0.2, 0.25) is 0 Å². The topological polar surface area (TPSA) is 66.6 Å². The number of oxazole rings is 1. The summed E-state index contributed by atoms with van der Waals surface area (Å²) in [5.74, 6) is 1.96. The molecule has 0 amide bonds. The summed E-state index contributed by atoms with van der Waals surface area (Å²) in [6, 6.07) is 0.368. The second-order valence-corrected chi connectivity index (χ2v) is 3.75. The standard InChI is InChI=1S/C11H12N2O3/c1-2-8-3-5-13(6-4-8)11-12-9(7-16-11)10(14)15/h1,7-8H,3-6H2,(H,14,15). The largest absolute Gasteiger partial charge is 0.476 e. The monoisotopic (exact) mass is 220 g/mol. The van der Waals surface area contributed by atoms with Crippen molar-refractivity contribution in [2.45, 2.75) is 12.8 Å². The van der Waals surface area contributed by atoms with E-state index in [0.717, 1.165) is 32.2 Å². The third-order valence-corrected chi connectivity index (χ3v) is 2.71. The first kappa shape index (κ1) is 10.6. The van der Waals surface area contributed by atoms with Crippen LogP contribution < -0.4 is 4.90 Å². The van der Waals surface area contributed by atoms with Gasteiger partial charge >= 0.3 is 5.97 Å². The number of nitrogens with zero attached hydrogens (tertiary/aromatic N) is 2. The molecule has 1 N–H and O–H groups in total. The fourth-order valence-electron chi connectivity index (χ4n) is 1.75. The highest BCUT2D eigenvalue weighted by Gasteiger charge is 2.22. The molecule has 84 valence electrons. The molecule has 16 heavy (non-hydrogen) atoms. The Labute approximate surface area is 93.1 Å². The van der Waals surface area contributed by atoms with E-state index in [1.165, 1.54) is 0 Å². The van der Waals surface area contributed by atoms with Gasteiger partial charge in [-0.2, -0.15) is 4.98 Å². The minimum absolute atomic E-state index is 0.0610. The van der Waals surface area contributed by atoms with Crippen molar-refractivity contribution in [3.05, 3.63) is 12.0 Å². The molecule has 1 saturated heterocycles. The second-order valence-electron chi connectivity index (χ2n) is 3.75. The predicted octanol–water partition coefficient (Wildman–Crippen LogP) is 1.22. The number of hydrogen-bond donors (Lipinski definition) is 1. The van der Waals surface area contributed by atoms with Crippen molar-refractivity contribution < 1.29 is 14.3 Å². The molecular formula is C11H12N2O3. The average Bonchev–Trinajstić information content (AvgIpc) is 2.78. The van der Waals surface area contributed by atoms with Gasteiger partial charge in [0.05, 0.1) is 0 Å². The van der Waals surface area contributed by atoms with Crippen LogP contribution in [0.4, 0.5) is 6.01 Å². The molecule has 0 aromatic carbocycles. The molecule has 0 radical (unpaired) electrons. The minimum Gasteiger partial charge on any atom is -0.476 e. The highest BCUT2D eigenvalue weighted by atomic mass is 16.4. The molecule has 0 spiro atoms. The Morgan fingerprint density at radius 1 is 1.62 bits per heavy atom. The molecule has 0 atom stereocenters. The van der Waals surface area contributed by atoms with E-state index in [9.17, 15) is 4.79 Å². The highest BCUT2D eigenvalue weighted by molar-refractivity contribution is 5.85. The lowest BCUT2D eigenvalue weighted by Gasteiger charge is -2.28. The van der Waals surface area contributed by atoms with Crippen LogP contribution in [-0.2, 0) is 0 Å². The van der Waals surface area contributed by atoms with Crippen molar-refractivity contribution in [2.75, 3.05) is 18.0 Å². The maximum Gasteiger partial charge on any atom is 0.357 e. The summed E-state index contributed by atoms with van der Waals surface area (Å²) in [6.07, 6.45) is 8.28. The van der Waals surface area contributed by atoms with Gasteiger partial charge < -0.3 is 14.4 Å². The molecule has 2 heterocycles. The van der Waals surface area contributed by atoms with Gasteiger partial charge in [-0.25, -0.2) is 4.79 Å². The Morgan fingerprint density at radius 3 is 2.81 bits per heavy atom. The van der Waals surface area contributed by atoms with Gasteiger partial charge in [0.2, 0.25) is 0 Å². The smallest absolute Gasteiger partial charge is 0.357 e. The third-order valence-electron chi connectivity index (χ3n) is 2.71. The number of anilines is 1. The number of piperidine rings is 1. The molecule has 0 aliphatic carbocycles. The van der Waals surface area contributed by atoms with Gasteiger partial charge in [0, 0.05) is 19.0 Å². The van der Waals surface area contributed by atoms with Crippen LogP contribution in [0.1, 0.15) is 23.3 Å². The lowest BCUT2D eigenvalue weighted by molar-refractivity contribution is 0.0690. The number of carboxylic acids is 1. The van der Waals surface area contributed by atoms with E-state index < -0.39 is 5.97 Å². The van der Waals surface area contributed by atoms with Crippen molar-refractivity contribution in [3.63, 3.8) is 0 Å². The molecule has 0 saturated carbocycles. The fraction of sp³-hybridized carbons (Fsp3) is 0.455. The molecule has 1 aromatic rings. The molecule has 2 rings (SSSR count). The molecule has 1 fully saturated rings. The van der Waals surface area contributed by atoms with Crippen molar-refractivity contribution in [1.29, 1.82) is 0 Å². The number of rotatable bonds is 2. The first-order valence-corrected chi connectivity index (χ1v) is 5.10. The van der Waals surface area contributed by atoms with Crippen molar-refractivity contribution in [1.82, 2.24) is 4.98 Å². The summed E-state index contributed by atoms with van der Waals surface area (Å²) in [4.78, 5) is 16.4. The Balaban J connectivity index is 2.03. The number of aromatic carboxylic acids is 1. The summed E-state index contributed by atoms with van der Waals surface area (Å²) < 4.78 is 5.12. The van der Waals surface area contributed by atoms with Gasteiger partial charge in [-0.3, -0.25) is 0 Å². The van der Waals surface area contributed by atoms with Crippen molar-refractivity contribution >= 4 is 12.0 Å². The van der Waals surface area contributed by atoms with Gasteiger partial charge in [0.25, 0.3) is 6.01 Å². The molecule has 1 aliphatic heterocycles. The van der Waals surface area contributed by atoms with Gasteiger partial charge in [-0.1, -0.05) is 0 Å². The van der Waals surface area contributed by atoms with E-state index >= 15 is 0 Å². The lowest BCUT2D eigenvalue weighted by Crippen LogP contribution is -2.33. The Kier molecular flexibility index (Phi) is 2.82. The van der Waals surface area contributed by atoms with Gasteiger partial charge in [-0.15, -0.1) is 12.3 Å². The van der Waals surface area contributed by atoms with Crippen LogP contribution in [0.5, 0.6) is 0 Å². The SMILES string of the molecule is C#CC1CCN(c2nc(C(=O)O)co2)CC1. The second kappa shape index (κ2) is 4.27. The molecule has 5 nitrogen and oxygen atoms in total. The Bertz CT molecular complexity index is 425. The number of hydrogen-bond acceptors (Lipinski definition) is 4. The van der Waals surface area contributed by atoms with E-state index in [1.54, 1.807) is 0 Å². The van der Waals surface area contributed by atoms with Gasteiger partial charge in [0.15, 0.2) is 5.69 Å². The summed E-state index contributed by atoms with van der Waals surface area (Å²) in [5.41, 5.74) is -0.0610. The summed E-state index contributed by atoms with van der Waals surface area (Å²) in [7, 11) is 0. The molecule has 1 aromatic heterocycles. The summed E-state index contributed by atoms with van der Waals surface area (Å²) in [5, 5.41) is 8.71. The van der Waals surface area contributed by atoms with E-state index in [-0.39, 0.29) is 5.69 Å². The van der Waals surface area contributed by atoms with E-state index in [0.29, 0.717) is 11.9 Å². The van der Waals surface area contributed by atoms with Crippen LogP contribution in [0.15, 0.2) is 10.7 Å². The van der Waals surface area contributed by atoms with Crippen LogP contribution in [0.3, 0.4) is 0 Å². The Morgan fingerprint density at radius 2 is 2.31 bits per heavy atom. The van der Waals surface area contributed by atoms with Crippen LogP contribution in [0, 0.1) is 18.3 Å². The molecule has 0 bridgehead atoms. The zero-order valence-electron chi connectivity index (χ0n) is 8.72. The predicted molar refractivity (Wildman–Crippen MR) is 57.2 cm³/mol. The van der Waals surface area contributed by atoms with E-state index in [4.69, 9.17) is 15.9 Å². The first-order valence-electron chi connectivity index (χ1n) is 5.10. The summed E-state index contributed by atoms with van der Waals surface area (Å²) in [6.45, 7) is 1.52. The number of carbonyl (C=O) groups is 1. The number of terminal acetylenes is 1. The van der Waals surface area contributed by atoms with Crippen LogP contribution >= 0.6 is 0 Å². The maximum atomic E-state index is 10.6. The van der Waals surface area contributed by atoms with E-state index in [2.05, 4.69) is 10.9 Å². The molecule has 0 unspecified atom stereocenters. The number of carboxylic acid groups (broad SMARTS) is 1. The van der Waals surface area contributed by atoms with Gasteiger partial charge in [-0.05, 0) is 12.8 Å². The van der Waals surface area contributed by atoms with Crippen LogP contribution in [-0.4, -0.2) is 29.1 Å². The zero-order valence-corrected chi connectivity index (χ0v) is 8.72. The molecule has 1 aliphatic rings. The number of aromatic nitrogens is 1. The molecule has 5 heteroatoms. The third kappa shape index (κ3) is 2.01. The average molecular weight is 220 g/mol. The van der Waals surface area contributed by atoms with Gasteiger partial charge in [0.1, 0.15) is 6.26 Å². The maximum absolute atomic E-state index is 10.6. The highest BCUT2D eigenvalue weighted by Crippen LogP contribution is 2.22. The minimum atomic E-state index is -1.08. The van der Waals surface area contributed by atoms with Crippen molar-refractivity contribution in [3.8, 4) is 12.3 Å². The zero-order chi connectivity index (χ0) is 11.5. The first-order chi connectivity index (χ1) is 7.70. The lowest BCUT2D eigenvalue weighted by atomic mass is 9.98. The normalized spacial score (nSPS) is 17.1. The quantitative estimate of drug-likeness (QED) is 0.759. The van der Waals surface area contributed by atoms with Crippen molar-refractivity contribution in [2.24, 2.45) is 5.92 Å². The van der Waals surface area contributed by atoms with E-state index in [1.807, 2.05) is 4.90 Å².